The first-order chi connectivity index (χ1) is 17.3. The molecular formula is C29H30N6. The van der Waals surface area contributed by atoms with Crippen molar-refractivity contribution in [3.63, 3.8) is 0 Å². The molecule has 2 heterocycles. The Bertz CT molecular complexity index is 1250. The van der Waals surface area contributed by atoms with Crippen LogP contribution in [0.3, 0.4) is 0 Å². The van der Waals surface area contributed by atoms with E-state index in [2.05, 4.69) is 85.3 Å². The third-order valence-electron chi connectivity index (χ3n) is 6.50. The summed E-state index contributed by atoms with van der Waals surface area (Å²) in [4.78, 5) is 9.30. The van der Waals surface area contributed by atoms with E-state index in [0.29, 0.717) is 5.56 Å². The number of hydrogen-bond acceptors (Lipinski definition) is 5. The van der Waals surface area contributed by atoms with Crippen LogP contribution < -0.4 is 15.1 Å². The second kappa shape index (κ2) is 10.9. The van der Waals surface area contributed by atoms with Gasteiger partial charge in [-0.25, -0.2) is 4.98 Å². The van der Waals surface area contributed by atoms with Crippen molar-refractivity contribution in [2.75, 3.05) is 36.0 Å². The Kier molecular flexibility index (Phi) is 7.07. The highest BCUT2D eigenvalue weighted by Crippen LogP contribution is 2.25. The molecule has 1 aliphatic rings. The van der Waals surface area contributed by atoms with Gasteiger partial charge in [0.05, 0.1) is 30.2 Å². The molecule has 0 spiro atoms. The minimum Gasteiger partial charge on any atom is -0.369 e. The summed E-state index contributed by atoms with van der Waals surface area (Å²) in [6.07, 6.45) is 3.85. The topological polar surface area (TPSA) is 60.1 Å². The number of imidazole rings is 1. The molecule has 1 saturated heterocycles. The lowest BCUT2D eigenvalue weighted by molar-refractivity contribution is 0.589. The second-order valence-corrected chi connectivity index (χ2v) is 8.92. The lowest BCUT2D eigenvalue weighted by Crippen LogP contribution is -2.43. The molecule has 1 aliphatic heterocycles. The average molecular weight is 463 g/mol. The molecule has 5 rings (SSSR count). The normalized spacial score (nSPS) is 13.4. The Hall–Kier alpha value is -4.08. The molecule has 0 amide bonds. The molecule has 0 bridgehead atoms. The minimum atomic E-state index is 0.679. The minimum absolute atomic E-state index is 0.679. The number of rotatable bonds is 8. The predicted molar refractivity (Wildman–Crippen MR) is 140 cm³/mol. The highest BCUT2D eigenvalue weighted by Gasteiger charge is 2.14. The van der Waals surface area contributed by atoms with Gasteiger partial charge in [0, 0.05) is 56.8 Å². The number of aromatic nitrogens is 2. The number of nitrogens with one attached hydrogen (secondary N) is 1. The maximum absolute atomic E-state index is 9.07. The van der Waals surface area contributed by atoms with Gasteiger partial charge in [0.2, 0.25) is 0 Å². The Labute approximate surface area is 207 Å². The lowest BCUT2D eigenvalue weighted by Gasteiger charge is -2.30. The van der Waals surface area contributed by atoms with Gasteiger partial charge in [-0.1, -0.05) is 42.5 Å². The molecule has 1 N–H and O–H groups in total. The first kappa shape index (κ1) is 22.7. The van der Waals surface area contributed by atoms with Gasteiger partial charge in [0.15, 0.2) is 0 Å². The maximum atomic E-state index is 9.07. The van der Waals surface area contributed by atoms with Crippen LogP contribution in [0, 0.1) is 11.3 Å². The Morgan fingerprint density at radius 2 is 1.60 bits per heavy atom. The molecule has 1 fully saturated rings. The molecule has 0 unspecified atom stereocenters. The van der Waals surface area contributed by atoms with E-state index in [0.717, 1.165) is 57.1 Å². The number of nitrogens with zero attached hydrogens (tertiary/aromatic N) is 5. The van der Waals surface area contributed by atoms with E-state index < -0.39 is 0 Å². The smallest absolute Gasteiger partial charge is 0.0991 e. The summed E-state index contributed by atoms with van der Waals surface area (Å²) in [5.74, 6) is 0. The molecular weight excluding hydrogens is 432 g/mol. The first-order valence-electron chi connectivity index (χ1n) is 12.1. The fraction of sp³-hybridized carbons (Fsp3) is 0.241. The fourth-order valence-corrected chi connectivity index (χ4v) is 4.54. The summed E-state index contributed by atoms with van der Waals surface area (Å²) in [5, 5.41) is 12.5. The summed E-state index contributed by atoms with van der Waals surface area (Å²) in [6.45, 7) is 6.44. The van der Waals surface area contributed by atoms with Crippen molar-refractivity contribution >= 4 is 11.4 Å². The van der Waals surface area contributed by atoms with Crippen molar-refractivity contribution in [1.82, 2.24) is 14.9 Å². The monoisotopic (exact) mass is 462 g/mol. The molecule has 176 valence electrons. The van der Waals surface area contributed by atoms with Crippen LogP contribution in [0.5, 0.6) is 0 Å². The van der Waals surface area contributed by atoms with Crippen molar-refractivity contribution in [3.8, 4) is 6.07 Å². The maximum Gasteiger partial charge on any atom is 0.0991 e. The van der Waals surface area contributed by atoms with E-state index >= 15 is 0 Å². The van der Waals surface area contributed by atoms with Gasteiger partial charge < -0.3 is 19.7 Å². The van der Waals surface area contributed by atoms with Crippen LogP contribution >= 0.6 is 0 Å². The summed E-state index contributed by atoms with van der Waals surface area (Å²) < 4.78 is 2.19. The Morgan fingerprint density at radius 1 is 0.857 bits per heavy atom. The van der Waals surface area contributed by atoms with Crippen LogP contribution in [0.4, 0.5) is 11.4 Å². The van der Waals surface area contributed by atoms with Crippen LogP contribution in [0.15, 0.2) is 91.4 Å². The van der Waals surface area contributed by atoms with Gasteiger partial charge in [0.1, 0.15) is 0 Å². The first-order valence-corrected chi connectivity index (χ1v) is 12.1. The summed E-state index contributed by atoms with van der Waals surface area (Å²) in [6, 6.07) is 29.5. The molecule has 6 heteroatoms. The lowest BCUT2D eigenvalue weighted by atomic mass is 10.1. The highest BCUT2D eigenvalue weighted by atomic mass is 15.2. The molecule has 0 atom stereocenters. The van der Waals surface area contributed by atoms with Gasteiger partial charge in [-0.15, -0.1) is 0 Å². The van der Waals surface area contributed by atoms with Gasteiger partial charge in [-0.05, 0) is 47.5 Å². The van der Waals surface area contributed by atoms with E-state index in [-0.39, 0.29) is 0 Å². The van der Waals surface area contributed by atoms with Crippen LogP contribution in [-0.2, 0) is 19.6 Å². The molecule has 4 aromatic rings. The third-order valence-corrected chi connectivity index (χ3v) is 6.50. The van der Waals surface area contributed by atoms with Crippen LogP contribution in [-0.4, -0.2) is 35.7 Å². The van der Waals surface area contributed by atoms with Gasteiger partial charge >= 0.3 is 0 Å². The zero-order valence-electron chi connectivity index (χ0n) is 19.8. The largest absolute Gasteiger partial charge is 0.369 e. The van der Waals surface area contributed by atoms with Crippen LogP contribution in [0.2, 0.25) is 0 Å². The van der Waals surface area contributed by atoms with Gasteiger partial charge in [0.25, 0.3) is 0 Å². The van der Waals surface area contributed by atoms with E-state index in [1.807, 2.05) is 36.8 Å². The van der Waals surface area contributed by atoms with Gasteiger partial charge in [-0.2, -0.15) is 5.26 Å². The highest BCUT2D eigenvalue weighted by molar-refractivity contribution is 5.57. The molecule has 1 aromatic heterocycles. The summed E-state index contributed by atoms with van der Waals surface area (Å²) >= 11 is 0. The van der Waals surface area contributed by atoms with E-state index in [1.165, 1.54) is 16.9 Å². The molecule has 6 nitrogen and oxygen atoms in total. The van der Waals surface area contributed by atoms with E-state index in [9.17, 15) is 0 Å². The molecule has 35 heavy (non-hydrogen) atoms. The van der Waals surface area contributed by atoms with E-state index in [1.54, 1.807) is 0 Å². The van der Waals surface area contributed by atoms with Gasteiger partial charge in [-0.3, -0.25) is 0 Å². The summed E-state index contributed by atoms with van der Waals surface area (Å²) in [5.41, 5.74) is 6.73. The van der Waals surface area contributed by atoms with Crippen LogP contribution in [0.25, 0.3) is 0 Å². The van der Waals surface area contributed by atoms with Crippen molar-refractivity contribution < 1.29 is 0 Å². The fourth-order valence-electron chi connectivity index (χ4n) is 4.54. The standard InChI is InChI=1S/C29H30N6/c30-18-24-6-8-26(9-7-24)21-35-23-32-19-29(35)22-34(20-25-4-2-1-3-5-25)28-12-10-27(11-13-28)33-16-14-31-15-17-33/h1-13,19,23,31H,14-17,20-22H2. The van der Waals surface area contributed by atoms with Crippen molar-refractivity contribution in [1.29, 1.82) is 5.26 Å². The van der Waals surface area contributed by atoms with Crippen molar-refractivity contribution in [2.24, 2.45) is 0 Å². The van der Waals surface area contributed by atoms with Crippen LogP contribution in [0.1, 0.15) is 22.4 Å². The van der Waals surface area contributed by atoms with E-state index in [4.69, 9.17) is 5.26 Å². The SMILES string of the molecule is N#Cc1ccc(Cn2cncc2CN(Cc2ccccc2)c2ccc(N3CCNCC3)cc2)cc1. The number of hydrogen-bond donors (Lipinski definition) is 1. The zero-order chi connectivity index (χ0) is 23.9. The molecule has 0 saturated carbocycles. The molecule has 3 aromatic carbocycles. The molecule has 0 radical (unpaired) electrons. The third kappa shape index (κ3) is 5.71. The number of anilines is 2. The van der Waals surface area contributed by atoms with Crippen molar-refractivity contribution in [2.45, 2.75) is 19.6 Å². The number of piperazine rings is 1. The average Bonchev–Trinajstić information content (AvgIpc) is 3.36. The van der Waals surface area contributed by atoms with Crippen molar-refractivity contribution in [3.05, 3.63) is 114 Å². The number of benzene rings is 3. The Morgan fingerprint density at radius 3 is 2.31 bits per heavy atom. The number of nitriles is 1. The second-order valence-electron chi connectivity index (χ2n) is 8.92. The molecule has 0 aliphatic carbocycles. The quantitative estimate of drug-likeness (QED) is 0.420. The summed E-state index contributed by atoms with van der Waals surface area (Å²) in [7, 11) is 0. The Balaban J connectivity index is 1.37. The zero-order valence-corrected chi connectivity index (χ0v) is 19.8. The predicted octanol–water partition coefficient (Wildman–Crippen LogP) is 4.42.